The fourth-order valence-corrected chi connectivity index (χ4v) is 2.73. The molecule has 0 saturated carbocycles. The molecule has 7 nitrogen and oxygen atoms in total. The lowest BCUT2D eigenvalue weighted by molar-refractivity contribution is 0.759. The van der Waals surface area contributed by atoms with Gasteiger partial charge in [-0.3, -0.25) is 14.5 Å². The van der Waals surface area contributed by atoms with E-state index in [0.29, 0.717) is 0 Å². The van der Waals surface area contributed by atoms with E-state index >= 15 is 0 Å². The van der Waals surface area contributed by atoms with Gasteiger partial charge in [0.25, 0.3) is 0 Å². The summed E-state index contributed by atoms with van der Waals surface area (Å²) in [5.41, 5.74) is 5.10. The Morgan fingerprint density at radius 1 is 1.04 bits per heavy atom. The van der Waals surface area contributed by atoms with E-state index in [1.807, 2.05) is 47.9 Å². The summed E-state index contributed by atoms with van der Waals surface area (Å²) in [5.74, 6) is 1.20. The topological polar surface area (TPSA) is 84.6 Å². The van der Waals surface area contributed by atoms with Crippen molar-refractivity contribution in [1.29, 1.82) is 0 Å². The third kappa shape index (κ3) is 2.34. The molecule has 0 aliphatic rings. The first-order valence-electron chi connectivity index (χ1n) is 7.83. The van der Waals surface area contributed by atoms with Gasteiger partial charge in [-0.15, -0.1) is 15.3 Å². The van der Waals surface area contributed by atoms with Crippen LogP contribution in [0.5, 0.6) is 0 Å². The van der Waals surface area contributed by atoms with Gasteiger partial charge in [-0.25, -0.2) is 0 Å². The third-order valence-corrected chi connectivity index (χ3v) is 3.91. The molecule has 1 N–H and O–H groups in total. The Labute approximate surface area is 138 Å². The number of nitrogens with one attached hydrogen (secondary N) is 1. The molecule has 0 unspecified atom stereocenters. The van der Waals surface area contributed by atoms with E-state index in [2.05, 4.69) is 44.4 Å². The normalized spacial score (nSPS) is 11.5. The fourth-order valence-electron chi connectivity index (χ4n) is 2.73. The molecule has 0 spiro atoms. The van der Waals surface area contributed by atoms with Crippen molar-refractivity contribution in [3.8, 4) is 22.6 Å². The number of nitrogens with zero attached hydrogens (tertiary/aromatic N) is 6. The molecule has 24 heavy (non-hydrogen) atoms. The Kier molecular flexibility index (Phi) is 3.34. The van der Waals surface area contributed by atoms with Gasteiger partial charge in [0.2, 0.25) is 0 Å². The van der Waals surface area contributed by atoms with Crippen LogP contribution in [0, 0.1) is 6.92 Å². The Morgan fingerprint density at radius 2 is 1.92 bits per heavy atom. The minimum absolute atomic E-state index is 0.283. The number of hydrogen-bond donors (Lipinski definition) is 1. The minimum Gasteiger partial charge on any atom is -0.286 e. The zero-order chi connectivity index (χ0) is 16.7. The minimum atomic E-state index is 0.283. The number of pyridine rings is 2. The zero-order valence-corrected chi connectivity index (χ0v) is 13.7. The maximum Gasteiger partial charge on any atom is 0.160 e. The average molecular weight is 319 g/mol. The largest absolute Gasteiger partial charge is 0.286 e. The van der Waals surface area contributed by atoms with Crippen molar-refractivity contribution in [3.63, 3.8) is 0 Å². The number of aromatic nitrogens is 7. The predicted octanol–water partition coefficient (Wildman–Crippen LogP) is 3.01. The summed E-state index contributed by atoms with van der Waals surface area (Å²) in [4.78, 5) is 4.56. The molecule has 0 amide bonds. The molecule has 120 valence electrons. The summed E-state index contributed by atoms with van der Waals surface area (Å²) >= 11 is 0. The number of fused-ring (bicyclic) bond motifs is 1. The van der Waals surface area contributed by atoms with Crippen molar-refractivity contribution < 1.29 is 0 Å². The van der Waals surface area contributed by atoms with Crippen LogP contribution < -0.4 is 0 Å². The van der Waals surface area contributed by atoms with E-state index in [-0.39, 0.29) is 5.92 Å². The van der Waals surface area contributed by atoms with Crippen LogP contribution >= 0.6 is 0 Å². The van der Waals surface area contributed by atoms with Crippen LogP contribution in [0.25, 0.3) is 28.3 Å². The molecule has 4 aromatic heterocycles. The molecular formula is C17H17N7. The Hall–Kier alpha value is -3.09. The lowest BCUT2D eigenvalue weighted by Gasteiger charge is -2.06. The first-order chi connectivity index (χ1) is 11.6. The van der Waals surface area contributed by atoms with Gasteiger partial charge in [-0.1, -0.05) is 25.1 Å². The van der Waals surface area contributed by atoms with Crippen molar-refractivity contribution in [2.24, 2.45) is 0 Å². The highest BCUT2D eigenvalue weighted by atomic mass is 15.3. The molecule has 0 atom stereocenters. The molecule has 4 heterocycles. The maximum atomic E-state index is 4.56. The van der Waals surface area contributed by atoms with Gasteiger partial charge < -0.3 is 0 Å². The van der Waals surface area contributed by atoms with Crippen molar-refractivity contribution in [3.05, 3.63) is 48.0 Å². The van der Waals surface area contributed by atoms with Crippen molar-refractivity contribution in [2.75, 3.05) is 0 Å². The summed E-state index contributed by atoms with van der Waals surface area (Å²) in [6.45, 7) is 6.16. The standard InChI is InChI=1S/C17H17N7/c1-10(2)17-22-19-14-8-7-12(9-24(14)17)15-16(21-23-20-15)13-6-4-5-11(3)18-13/h4-10H,1-3H3,(H,20,21,23). The summed E-state index contributed by atoms with van der Waals surface area (Å²) in [5, 5.41) is 19.7. The molecule has 0 saturated heterocycles. The quantitative estimate of drug-likeness (QED) is 0.627. The number of aromatic amines is 1. The molecule has 0 fully saturated rings. The molecule has 0 aliphatic carbocycles. The van der Waals surface area contributed by atoms with Crippen LogP contribution in [0.4, 0.5) is 0 Å². The fraction of sp³-hybridized carbons (Fsp3) is 0.235. The smallest absolute Gasteiger partial charge is 0.160 e. The summed E-state index contributed by atoms with van der Waals surface area (Å²) in [6, 6.07) is 9.80. The highest BCUT2D eigenvalue weighted by molar-refractivity contribution is 5.75. The van der Waals surface area contributed by atoms with Gasteiger partial charge in [-0.2, -0.15) is 0 Å². The molecular weight excluding hydrogens is 302 g/mol. The molecule has 0 aromatic carbocycles. The number of aryl methyl sites for hydroxylation is 1. The number of rotatable bonds is 3. The van der Waals surface area contributed by atoms with Crippen molar-refractivity contribution >= 4 is 5.65 Å². The van der Waals surface area contributed by atoms with Crippen LogP contribution in [0.15, 0.2) is 36.5 Å². The maximum absolute atomic E-state index is 4.56. The van der Waals surface area contributed by atoms with Gasteiger partial charge in [0.15, 0.2) is 5.65 Å². The van der Waals surface area contributed by atoms with Crippen molar-refractivity contribution in [1.82, 2.24) is 35.0 Å². The molecule has 4 aromatic rings. The molecule has 0 radical (unpaired) electrons. The highest BCUT2D eigenvalue weighted by Crippen LogP contribution is 2.28. The Balaban J connectivity index is 1.87. The second-order valence-corrected chi connectivity index (χ2v) is 6.06. The lowest BCUT2D eigenvalue weighted by Crippen LogP contribution is -1.97. The van der Waals surface area contributed by atoms with E-state index in [9.17, 15) is 0 Å². The van der Waals surface area contributed by atoms with E-state index in [1.54, 1.807) is 0 Å². The third-order valence-electron chi connectivity index (χ3n) is 3.91. The van der Waals surface area contributed by atoms with Gasteiger partial charge in [0.1, 0.15) is 17.2 Å². The van der Waals surface area contributed by atoms with Gasteiger partial charge in [0, 0.05) is 23.4 Å². The van der Waals surface area contributed by atoms with Crippen LogP contribution in [-0.2, 0) is 0 Å². The van der Waals surface area contributed by atoms with Gasteiger partial charge in [0.05, 0.1) is 5.69 Å². The first-order valence-corrected chi connectivity index (χ1v) is 7.83. The lowest BCUT2D eigenvalue weighted by atomic mass is 10.1. The van der Waals surface area contributed by atoms with E-state index < -0.39 is 0 Å². The van der Waals surface area contributed by atoms with Crippen LogP contribution in [0.2, 0.25) is 0 Å². The van der Waals surface area contributed by atoms with Crippen LogP contribution in [0.3, 0.4) is 0 Å². The monoisotopic (exact) mass is 319 g/mol. The van der Waals surface area contributed by atoms with Gasteiger partial charge >= 0.3 is 0 Å². The molecule has 0 aliphatic heterocycles. The highest BCUT2D eigenvalue weighted by Gasteiger charge is 2.16. The van der Waals surface area contributed by atoms with Crippen LogP contribution in [0.1, 0.15) is 31.3 Å². The SMILES string of the molecule is Cc1cccc(-c2[nH]nnc2-c2ccc3nnc(C(C)C)n3c2)n1. The molecule has 4 rings (SSSR count). The molecule has 7 heteroatoms. The average Bonchev–Trinajstić information content (AvgIpc) is 3.21. The van der Waals surface area contributed by atoms with E-state index in [4.69, 9.17) is 0 Å². The summed E-state index contributed by atoms with van der Waals surface area (Å²) in [6.07, 6.45) is 2.00. The predicted molar refractivity (Wildman–Crippen MR) is 90.4 cm³/mol. The van der Waals surface area contributed by atoms with Crippen molar-refractivity contribution in [2.45, 2.75) is 26.7 Å². The summed E-state index contributed by atoms with van der Waals surface area (Å²) in [7, 11) is 0. The molecule has 0 bridgehead atoms. The van der Waals surface area contributed by atoms with E-state index in [1.165, 1.54) is 0 Å². The summed E-state index contributed by atoms with van der Waals surface area (Å²) < 4.78 is 2.00. The number of hydrogen-bond acceptors (Lipinski definition) is 5. The Morgan fingerprint density at radius 3 is 2.71 bits per heavy atom. The van der Waals surface area contributed by atoms with Crippen LogP contribution in [-0.4, -0.2) is 35.0 Å². The van der Waals surface area contributed by atoms with E-state index in [0.717, 1.165) is 39.8 Å². The zero-order valence-electron chi connectivity index (χ0n) is 13.7. The second kappa shape index (κ2) is 5.52. The Bertz CT molecular complexity index is 1010. The van der Waals surface area contributed by atoms with Gasteiger partial charge in [-0.05, 0) is 31.2 Å². The second-order valence-electron chi connectivity index (χ2n) is 6.06. The number of H-pyrrole nitrogens is 1. The first kappa shape index (κ1) is 14.5.